The number of hydrazone groups is 1. The molecule has 3 aromatic rings. The molecular weight excluding hydrogens is 342 g/mol. The molecule has 0 bridgehead atoms. The number of nitrogens with one attached hydrogen (secondary N) is 1. The Labute approximate surface area is 157 Å². The van der Waals surface area contributed by atoms with Crippen LogP contribution >= 0.6 is 0 Å². The van der Waals surface area contributed by atoms with Crippen molar-refractivity contribution in [3.63, 3.8) is 0 Å². The molecule has 1 aliphatic heterocycles. The molecule has 0 radical (unpaired) electrons. The summed E-state index contributed by atoms with van der Waals surface area (Å²) in [5.41, 5.74) is 3.55. The summed E-state index contributed by atoms with van der Waals surface area (Å²) in [5.74, 6) is 1.23. The Morgan fingerprint density at radius 2 is 1.89 bits per heavy atom. The summed E-state index contributed by atoms with van der Waals surface area (Å²) < 4.78 is 11.1. The summed E-state index contributed by atoms with van der Waals surface area (Å²) in [6.45, 7) is 3.03. The molecular formula is C21H21N3O3. The van der Waals surface area contributed by atoms with Crippen molar-refractivity contribution in [1.82, 2.24) is 5.43 Å². The monoisotopic (exact) mass is 363 g/mol. The third kappa shape index (κ3) is 4.17. The summed E-state index contributed by atoms with van der Waals surface area (Å²) in [7, 11) is 0. The van der Waals surface area contributed by atoms with E-state index < -0.39 is 0 Å². The summed E-state index contributed by atoms with van der Waals surface area (Å²) in [4.78, 5) is 14.3. The molecule has 6 heteroatoms. The number of hydrogen-bond donors (Lipinski definition) is 1. The molecule has 1 amide bonds. The topological polar surface area (TPSA) is 67.1 Å². The van der Waals surface area contributed by atoms with Crippen LogP contribution < -0.4 is 10.3 Å². The Morgan fingerprint density at radius 1 is 1.07 bits per heavy atom. The highest BCUT2D eigenvalue weighted by molar-refractivity contribution is 5.90. The number of carbonyl (C=O) groups is 1. The lowest BCUT2D eigenvalue weighted by atomic mass is 10.0. The molecule has 0 aliphatic carbocycles. The number of carbonyl (C=O) groups excluding carboxylic acids is 1. The van der Waals surface area contributed by atoms with Gasteiger partial charge in [0.25, 0.3) is 0 Å². The standard InChI is InChI=1S/C21H21N3O3/c25-20(14-17-6-3-5-16-4-1-2-7-19(16)17)23-22-15-18-8-9-21(27-18)24-10-12-26-13-11-24/h1-9,15H,10-14H2,(H,23,25)/b22-15-. The Morgan fingerprint density at radius 3 is 2.78 bits per heavy atom. The van der Waals surface area contributed by atoms with Crippen molar-refractivity contribution < 1.29 is 13.9 Å². The fourth-order valence-electron chi connectivity index (χ4n) is 3.19. The smallest absolute Gasteiger partial charge is 0.244 e. The van der Waals surface area contributed by atoms with E-state index in [0.717, 1.165) is 35.3 Å². The van der Waals surface area contributed by atoms with Crippen molar-refractivity contribution in [3.8, 4) is 0 Å². The normalized spacial score (nSPS) is 14.7. The molecule has 1 aliphatic rings. The number of ether oxygens (including phenoxy) is 1. The quantitative estimate of drug-likeness (QED) is 0.559. The molecule has 2 heterocycles. The van der Waals surface area contributed by atoms with E-state index in [4.69, 9.17) is 9.15 Å². The van der Waals surface area contributed by atoms with Crippen LogP contribution in [0.25, 0.3) is 10.8 Å². The van der Waals surface area contributed by atoms with Crippen molar-refractivity contribution in [2.24, 2.45) is 5.10 Å². The van der Waals surface area contributed by atoms with E-state index in [-0.39, 0.29) is 12.3 Å². The lowest BCUT2D eigenvalue weighted by Crippen LogP contribution is -2.35. The predicted molar refractivity (Wildman–Crippen MR) is 105 cm³/mol. The highest BCUT2D eigenvalue weighted by Gasteiger charge is 2.14. The Bertz CT molecular complexity index is 953. The Kier molecular flexibility index (Phi) is 5.16. The van der Waals surface area contributed by atoms with Crippen molar-refractivity contribution in [2.45, 2.75) is 6.42 Å². The van der Waals surface area contributed by atoms with Crippen molar-refractivity contribution in [3.05, 3.63) is 65.9 Å². The van der Waals surface area contributed by atoms with Gasteiger partial charge in [-0.25, -0.2) is 5.43 Å². The zero-order chi connectivity index (χ0) is 18.5. The van der Waals surface area contributed by atoms with Gasteiger partial charge in [0, 0.05) is 19.2 Å². The van der Waals surface area contributed by atoms with Crippen LogP contribution in [0.1, 0.15) is 11.3 Å². The van der Waals surface area contributed by atoms with Gasteiger partial charge in [-0.15, -0.1) is 0 Å². The van der Waals surface area contributed by atoms with Crippen LogP contribution in [0.4, 0.5) is 5.88 Å². The molecule has 1 fully saturated rings. The number of amides is 1. The average molecular weight is 363 g/mol. The van der Waals surface area contributed by atoms with E-state index >= 15 is 0 Å². The first kappa shape index (κ1) is 17.3. The minimum Gasteiger partial charge on any atom is -0.440 e. The maximum Gasteiger partial charge on any atom is 0.244 e. The zero-order valence-electron chi connectivity index (χ0n) is 14.9. The van der Waals surface area contributed by atoms with E-state index in [1.807, 2.05) is 54.6 Å². The molecule has 1 N–H and O–H groups in total. The van der Waals surface area contributed by atoms with E-state index in [9.17, 15) is 4.79 Å². The second kappa shape index (κ2) is 8.05. The zero-order valence-corrected chi connectivity index (χ0v) is 14.9. The minimum atomic E-state index is -0.164. The van der Waals surface area contributed by atoms with Gasteiger partial charge < -0.3 is 14.1 Å². The Balaban J connectivity index is 1.35. The van der Waals surface area contributed by atoms with Crippen molar-refractivity contribution in [1.29, 1.82) is 0 Å². The van der Waals surface area contributed by atoms with Crippen LogP contribution in [-0.4, -0.2) is 38.4 Å². The molecule has 1 aromatic heterocycles. The first-order valence-corrected chi connectivity index (χ1v) is 9.01. The molecule has 138 valence electrons. The van der Waals surface area contributed by atoms with Crippen LogP contribution in [0.5, 0.6) is 0 Å². The van der Waals surface area contributed by atoms with Crippen LogP contribution in [0.3, 0.4) is 0 Å². The Hall–Kier alpha value is -3.12. The number of morpholine rings is 1. The van der Waals surface area contributed by atoms with E-state index in [0.29, 0.717) is 19.0 Å². The summed E-state index contributed by atoms with van der Waals surface area (Å²) >= 11 is 0. The molecule has 0 atom stereocenters. The van der Waals surface area contributed by atoms with E-state index in [2.05, 4.69) is 15.4 Å². The second-order valence-corrected chi connectivity index (χ2v) is 6.38. The maximum atomic E-state index is 12.2. The molecule has 27 heavy (non-hydrogen) atoms. The van der Waals surface area contributed by atoms with Gasteiger partial charge in [0.15, 0.2) is 5.88 Å². The third-order valence-corrected chi connectivity index (χ3v) is 4.55. The van der Waals surface area contributed by atoms with E-state index in [1.54, 1.807) is 0 Å². The number of rotatable bonds is 5. The van der Waals surface area contributed by atoms with Gasteiger partial charge in [-0.1, -0.05) is 42.5 Å². The number of anilines is 1. The van der Waals surface area contributed by atoms with Gasteiger partial charge in [-0.2, -0.15) is 5.10 Å². The summed E-state index contributed by atoms with van der Waals surface area (Å²) in [6, 6.07) is 17.7. The molecule has 0 saturated carbocycles. The fourth-order valence-corrected chi connectivity index (χ4v) is 3.19. The van der Waals surface area contributed by atoms with Gasteiger partial charge in [0.2, 0.25) is 5.91 Å². The summed E-state index contributed by atoms with van der Waals surface area (Å²) in [5, 5.41) is 6.22. The molecule has 0 unspecified atom stereocenters. The lowest BCUT2D eigenvalue weighted by Gasteiger charge is -2.26. The molecule has 1 saturated heterocycles. The third-order valence-electron chi connectivity index (χ3n) is 4.55. The van der Waals surface area contributed by atoms with Crippen molar-refractivity contribution >= 4 is 28.8 Å². The number of hydrogen-bond acceptors (Lipinski definition) is 5. The number of nitrogens with zero attached hydrogens (tertiary/aromatic N) is 2. The molecule has 6 nitrogen and oxygen atoms in total. The minimum absolute atomic E-state index is 0.164. The maximum absolute atomic E-state index is 12.2. The van der Waals surface area contributed by atoms with Gasteiger partial charge in [-0.05, 0) is 22.4 Å². The predicted octanol–water partition coefficient (Wildman–Crippen LogP) is 2.96. The highest BCUT2D eigenvalue weighted by atomic mass is 16.5. The van der Waals surface area contributed by atoms with Crippen molar-refractivity contribution in [2.75, 3.05) is 31.2 Å². The van der Waals surface area contributed by atoms with Gasteiger partial charge >= 0.3 is 0 Å². The fraction of sp³-hybridized carbons (Fsp3) is 0.238. The highest BCUT2D eigenvalue weighted by Crippen LogP contribution is 2.19. The van der Waals surface area contributed by atoms with Crippen LogP contribution in [0, 0.1) is 0 Å². The number of fused-ring (bicyclic) bond motifs is 1. The first-order valence-electron chi connectivity index (χ1n) is 9.01. The van der Waals surface area contributed by atoms with Crippen LogP contribution in [-0.2, 0) is 16.0 Å². The van der Waals surface area contributed by atoms with Gasteiger partial charge in [0.05, 0.1) is 25.8 Å². The molecule has 2 aromatic carbocycles. The lowest BCUT2D eigenvalue weighted by molar-refractivity contribution is -0.120. The van der Waals surface area contributed by atoms with Gasteiger partial charge in [0.1, 0.15) is 5.76 Å². The van der Waals surface area contributed by atoms with Gasteiger partial charge in [-0.3, -0.25) is 4.79 Å². The van der Waals surface area contributed by atoms with Crippen LogP contribution in [0.2, 0.25) is 0 Å². The average Bonchev–Trinajstić information content (AvgIpc) is 3.18. The molecule has 4 rings (SSSR count). The largest absolute Gasteiger partial charge is 0.440 e. The first-order chi connectivity index (χ1) is 13.3. The van der Waals surface area contributed by atoms with E-state index in [1.165, 1.54) is 6.21 Å². The summed E-state index contributed by atoms with van der Waals surface area (Å²) in [6.07, 6.45) is 1.79. The SMILES string of the molecule is O=C(Cc1cccc2ccccc12)N/N=C\c1ccc(N2CCOCC2)o1. The number of benzene rings is 2. The number of furan rings is 1. The van der Waals surface area contributed by atoms with Crippen LogP contribution in [0.15, 0.2) is 64.1 Å². The molecule has 0 spiro atoms. The second-order valence-electron chi connectivity index (χ2n) is 6.38.